The molecule has 0 atom stereocenters. The lowest BCUT2D eigenvalue weighted by Crippen LogP contribution is -2.14. The van der Waals surface area contributed by atoms with E-state index in [1.165, 1.54) is 50.2 Å². The van der Waals surface area contributed by atoms with Crippen molar-refractivity contribution in [2.45, 2.75) is 20.3 Å². The molecule has 0 aliphatic carbocycles. The third-order valence-corrected chi connectivity index (χ3v) is 4.74. The zero-order valence-electron chi connectivity index (χ0n) is 17.7. The molecule has 0 aliphatic heterocycles. The first kappa shape index (κ1) is 25.8. The van der Waals surface area contributed by atoms with Gasteiger partial charge in [-0.2, -0.15) is 5.26 Å². The quantitative estimate of drug-likeness (QED) is 0.184. The summed E-state index contributed by atoms with van der Waals surface area (Å²) < 4.78 is 39.7. The van der Waals surface area contributed by atoms with E-state index in [-0.39, 0.29) is 50.2 Å². The number of nitrogens with one attached hydrogen (secondary N) is 2. The predicted molar refractivity (Wildman–Crippen MR) is 125 cm³/mol. The summed E-state index contributed by atoms with van der Waals surface area (Å²) in [6, 6.07) is 10.2. The summed E-state index contributed by atoms with van der Waals surface area (Å²) >= 11 is 12.0. The zero-order valence-corrected chi connectivity index (χ0v) is 19.2. The van der Waals surface area contributed by atoms with E-state index < -0.39 is 23.4 Å². The lowest BCUT2D eigenvalue weighted by atomic mass is 10.1. The Hall–Kier alpha value is -3.47. The Bertz CT molecular complexity index is 1230. The minimum absolute atomic E-state index is 0.0408. The summed E-state index contributed by atoms with van der Waals surface area (Å²) in [5, 5.41) is 25.3. The SMILES string of the molecule is C=C/C(CC(=N)OC(=N)c1cccc(F)c1C)=C(F)\C(Oc1cc(Cl)cc(C#N)c1)=C(/C)Cl. The monoisotopic (exact) mass is 489 g/mol. The van der Waals surface area contributed by atoms with Crippen LogP contribution in [-0.4, -0.2) is 11.8 Å². The van der Waals surface area contributed by atoms with Crippen molar-refractivity contribution in [3.63, 3.8) is 0 Å². The van der Waals surface area contributed by atoms with Gasteiger partial charge in [-0.1, -0.05) is 41.9 Å². The maximum absolute atomic E-state index is 15.3. The summed E-state index contributed by atoms with van der Waals surface area (Å²) in [7, 11) is 0. The second-order valence-electron chi connectivity index (χ2n) is 6.74. The number of benzene rings is 2. The van der Waals surface area contributed by atoms with Gasteiger partial charge >= 0.3 is 0 Å². The first-order chi connectivity index (χ1) is 15.6. The summed E-state index contributed by atoms with van der Waals surface area (Å²) in [6.07, 6.45) is 0.772. The molecule has 33 heavy (non-hydrogen) atoms. The number of nitrogens with zero attached hydrogens (tertiary/aromatic N) is 1. The van der Waals surface area contributed by atoms with E-state index in [1.807, 2.05) is 6.07 Å². The minimum Gasteiger partial charge on any atom is -0.453 e. The van der Waals surface area contributed by atoms with E-state index in [0.717, 1.165) is 6.08 Å². The van der Waals surface area contributed by atoms with Crippen LogP contribution >= 0.6 is 23.2 Å². The Morgan fingerprint density at radius 1 is 1.27 bits per heavy atom. The fraction of sp³-hybridized carbons (Fsp3) is 0.125. The lowest BCUT2D eigenvalue weighted by Gasteiger charge is -2.14. The van der Waals surface area contributed by atoms with E-state index in [9.17, 15) is 4.39 Å². The first-order valence-electron chi connectivity index (χ1n) is 9.43. The zero-order chi connectivity index (χ0) is 24.7. The lowest BCUT2D eigenvalue weighted by molar-refractivity contribution is 0.397. The fourth-order valence-electron chi connectivity index (χ4n) is 2.70. The van der Waals surface area contributed by atoms with Crippen molar-refractivity contribution < 1.29 is 18.3 Å². The molecule has 0 unspecified atom stereocenters. The average molecular weight is 490 g/mol. The van der Waals surface area contributed by atoms with Crippen molar-refractivity contribution in [3.05, 3.63) is 98.8 Å². The van der Waals surface area contributed by atoms with Crippen LogP contribution in [0.25, 0.3) is 0 Å². The highest BCUT2D eigenvalue weighted by Crippen LogP contribution is 2.30. The van der Waals surface area contributed by atoms with Crippen molar-refractivity contribution in [1.82, 2.24) is 0 Å². The van der Waals surface area contributed by atoms with Crippen molar-refractivity contribution in [3.8, 4) is 11.8 Å². The van der Waals surface area contributed by atoms with Gasteiger partial charge in [0.15, 0.2) is 17.5 Å². The van der Waals surface area contributed by atoms with Gasteiger partial charge in [0.1, 0.15) is 11.6 Å². The third-order valence-electron chi connectivity index (χ3n) is 4.35. The smallest absolute Gasteiger partial charge is 0.221 e. The molecule has 0 aliphatic rings. The largest absolute Gasteiger partial charge is 0.453 e. The van der Waals surface area contributed by atoms with Gasteiger partial charge < -0.3 is 9.47 Å². The highest BCUT2D eigenvalue weighted by Gasteiger charge is 2.19. The van der Waals surface area contributed by atoms with E-state index >= 15 is 4.39 Å². The van der Waals surface area contributed by atoms with Crippen molar-refractivity contribution in [1.29, 1.82) is 16.1 Å². The summed E-state index contributed by atoms with van der Waals surface area (Å²) in [5.41, 5.74) is 0.467. The van der Waals surface area contributed by atoms with Crippen LogP contribution in [0.1, 0.15) is 30.0 Å². The molecule has 9 heteroatoms. The number of hydrogen-bond acceptors (Lipinski definition) is 5. The predicted octanol–water partition coefficient (Wildman–Crippen LogP) is 7.33. The molecule has 5 nitrogen and oxygen atoms in total. The molecular formula is C24H19Cl2F2N3O2. The van der Waals surface area contributed by atoms with E-state index in [2.05, 4.69) is 6.58 Å². The number of rotatable bonds is 7. The number of halogens is 4. The van der Waals surface area contributed by atoms with Crippen LogP contribution in [0.5, 0.6) is 5.75 Å². The third kappa shape index (κ3) is 6.75. The van der Waals surface area contributed by atoms with Crippen LogP contribution in [0, 0.1) is 34.9 Å². The van der Waals surface area contributed by atoms with Crippen molar-refractivity contribution in [2.24, 2.45) is 0 Å². The Morgan fingerprint density at radius 3 is 2.58 bits per heavy atom. The van der Waals surface area contributed by atoms with Gasteiger partial charge in [0, 0.05) is 16.2 Å². The standard InChI is InChI=1S/C24H19Cl2F2N3O2/c1-4-16(10-21(30)33-24(31)19-6-5-7-20(27)13(19)2)22(28)23(14(3)25)32-18-9-15(12-29)8-17(26)11-18/h4-9,11,30-31H,1,10H2,2-3H3/b22-16-,23-14-,30-21?,31-24?. The van der Waals surface area contributed by atoms with Gasteiger partial charge in [-0.25, -0.2) is 8.78 Å². The molecule has 170 valence electrons. The number of allylic oxidation sites excluding steroid dienone is 3. The second kappa shape index (κ2) is 11.4. The normalized spacial score (nSPS) is 12.2. The first-order valence-corrected chi connectivity index (χ1v) is 10.2. The number of nitriles is 1. The molecule has 2 rings (SSSR count). The molecule has 0 amide bonds. The van der Waals surface area contributed by atoms with E-state index in [1.54, 1.807) is 0 Å². The molecule has 0 saturated heterocycles. The van der Waals surface area contributed by atoms with Gasteiger partial charge in [0.25, 0.3) is 0 Å². The Balaban J connectivity index is 2.27. The Labute approximate surface area is 200 Å². The molecule has 0 aromatic heterocycles. The summed E-state index contributed by atoms with van der Waals surface area (Å²) in [5.74, 6) is -2.64. The topological polar surface area (TPSA) is 89.9 Å². The molecular weight excluding hydrogens is 471 g/mol. The Kier molecular flexibility index (Phi) is 8.92. The number of hydrogen-bond donors (Lipinski definition) is 2. The highest BCUT2D eigenvalue weighted by atomic mass is 35.5. The van der Waals surface area contributed by atoms with Gasteiger partial charge in [0.05, 0.1) is 23.1 Å². The molecule has 2 N–H and O–H groups in total. The van der Waals surface area contributed by atoms with E-state index in [4.69, 9.17) is 48.8 Å². The van der Waals surface area contributed by atoms with Gasteiger partial charge in [-0.05, 0) is 49.7 Å². The molecule has 0 bridgehead atoms. The van der Waals surface area contributed by atoms with Crippen LogP contribution in [-0.2, 0) is 4.74 Å². The molecule has 0 radical (unpaired) electrons. The highest BCUT2D eigenvalue weighted by molar-refractivity contribution is 6.31. The van der Waals surface area contributed by atoms with Gasteiger partial charge in [0.2, 0.25) is 5.90 Å². The van der Waals surface area contributed by atoms with Crippen LogP contribution < -0.4 is 4.74 Å². The van der Waals surface area contributed by atoms with Gasteiger partial charge in [-0.3, -0.25) is 10.8 Å². The van der Waals surface area contributed by atoms with Gasteiger partial charge in [-0.15, -0.1) is 0 Å². The van der Waals surface area contributed by atoms with Crippen molar-refractivity contribution in [2.75, 3.05) is 0 Å². The number of ether oxygens (including phenoxy) is 2. The summed E-state index contributed by atoms with van der Waals surface area (Å²) in [6.45, 7) is 6.43. The van der Waals surface area contributed by atoms with Crippen molar-refractivity contribution >= 4 is 35.0 Å². The second-order valence-corrected chi connectivity index (χ2v) is 7.74. The minimum atomic E-state index is -0.919. The molecule has 2 aromatic rings. The van der Waals surface area contributed by atoms with Crippen LogP contribution in [0.15, 0.2) is 71.2 Å². The molecule has 0 saturated carbocycles. The van der Waals surface area contributed by atoms with Crippen LogP contribution in [0.3, 0.4) is 0 Å². The fourth-order valence-corrected chi connectivity index (χ4v) is 3.04. The molecule has 0 heterocycles. The maximum atomic E-state index is 15.3. The summed E-state index contributed by atoms with van der Waals surface area (Å²) in [4.78, 5) is 0. The van der Waals surface area contributed by atoms with Crippen LogP contribution in [0.2, 0.25) is 5.02 Å². The van der Waals surface area contributed by atoms with E-state index in [0.29, 0.717) is 0 Å². The average Bonchev–Trinajstić information content (AvgIpc) is 2.76. The molecule has 0 fully saturated rings. The van der Waals surface area contributed by atoms with Crippen LogP contribution in [0.4, 0.5) is 8.78 Å². The molecule has 2 aromatic carbocycles. The maximum Gasteiger partial charge on any atom is 0.221 e. The Morgan fingerprint density at radius 2 is 1.97 bits per heavy atom. The molecule has 0 spiro atoms.